The van der Waals surface area contributed by atoms with Crippen molar-refractivity contribution in [3.63, 3.8) is 0 Å². The monoisotopic (exact) mass is 560 g/mol. The fourth-order valence-corrected chi connectivity index (χ4v) is 4.69. The van der Waals surface area contributed by atoms with Crippen molar-refractivity contribution in [1.29, 1.82) is 0 Å². The van der Waals surface area contributed by atoms with E-state index in [1.807, 2.05) is 13.0 Å². The molecule has 2 aromatic heterocycles. The van der Waals surface area contributed by atoms with Crippen molar-refractivity contribution < 1.29 is 32.0 Å². The highest BCUT2D eigenvalue weighted by molar-refractivity contribution is 7.17. The molecule has 4 aromatic rings. The number of hydrogen-bond donors (Lipinski definition) is 0. The SMILES string of the molecule is CCCC.COC(=O)c1sc(-c2ccc(OCc3conc3-c3c(F)cccc3C(C)(F)F)cc2C)nc1C. The number of benzene rings is 2. The number of methoxy groups -OCH3 is 1. The van der Waals surface area contributed by atoms with Gasteiger partial charge in [0.05, 0.1) is 18.4 Å². The van der Waals surface area contributed by atoms with Gasteiger partial charge in [-0.3, -0.25) is 0 Å². The number of alkyl halides is 2. The number of carbonyl (C=O) groups is 1. The summed E-state index contributed by atoms with van der Waals surface area (Å²) in [5.74, 6) is -4.05. The first-order chi connectivity index (χ1) is 18.5. The highest BCUT2D eigenvalue weighted by atomic mass is 32.1. The number of thiazole rings is 1. The first-order valence-corrected chi connectivity index (χ1v) is 13.2. The van der Waals surface area contributed by atoms with Crippen molar-refractivity contribution in [3.8, 4) is 27.6 Å². The minimum Gasteiger partial charge on any atom is -0.489 e. The number of rotatable bonds is 8. The molecule has 4 rings (SSSR count). The smallest absolute Gasteiger partial charge is 0.349 e. The second-order valence-electron chi connectivity index (χ2n) is 8.93. The van der Waals surface area contributed by atoms with E-state index in [9.17, 15) is 18.0 Å². The molecule has 0 aliphatic carbocycles. The molecule has 0 aliphatic rings. The van der Waals surface area contributed by atoms with Crippen molar-refractivity contribution in [1.82, 2.24) is 10.1 Å². The average molecular weight is 561 g/mol. The number of ether oxygens (including phenoxy) is 2. The van der Waals surface area contributed by atoms with E-state index in [2.05, 4.69) is 24.0 Å². The predicted molar refractivity (Wildman–Crippen MR) is 145 cm³/mol. The van der Waals surface area contributed by atoms with E-state index in [0.29, 0.717) is 33.8 Å². The van der Waals surface area contributed by atoms with Crippen LogP contribution >= 0.6 is 11.3 Å². The Balaban J connectivity index is 0.000000983. The van der Waals surface area contributed by atoms with Gasteiger partial charge in [0.25, 0.3) is 5.92 Å². The van der Waals surface area contributed by atoms with Gasteiger partial charge in [-0.15, -0.1) is 11.3 Å². The molecule has 208 valence electrons. The molecular weight excluding hydrogens is 529 g/mol. The molecule has 0 spiro atoms. The number of carbonyl (C=O) groups excluding carboxylic acids is 1. The maximum atomic E-state index is 14.6. The summed E-state index contributed by atoms with van der Waals surface area (Å²) in [7, 11) is 1.32. The Kier molecular flexibility index (Phi) is 9.91. The van der Waals surface area contributed by atoms with Gasteiger partial charge in [0, 0.05) is 23.6 Å². The maximum absolute atomic E-state index is 14.6. The lowest BCUT2D eigenvalue weighted by Gasteiger charge is -2.16. The summed E-state index contributed by atoms with van der Waals surface area (Å²) < 4.78 is 58.3. The Morgan fingerprint density at radius 1 is 1.13 bits per heavy atom. The number of halogens is 3. The minimum absolute atomic E-state index is 0.0402. The molecule has 0 aliphatic heterocycles. The third-order valence-electron chi connectivity index (χ3n) is 5.86. The topological polar surface area (TPSA) is 74.5 Å². The lowest BCUT2D eigenvalue weighted by molar-refractivity contribution is 0.0177. The normalized spacial score (nSPS) is 11.1. The predicted octanol–water partition coefficient (Wildman–Crippen LogP) is 8.50. The lowest BCUT2D eigenvalue weighted by atomic mass is 9.97. The van der Waals surface area contributed by atoms with Crippen LogP contribution in [0.25, 0.3) is 21.8 Å². The number of aryl methyl sites for hydroxylation is 2. The minimum atomic E-state index is -3.27. The zero-order valence-electron chi connectivity index (χ0n) is 22.7. The van der Waals surface area contributed by atoms with Crippen molar-refractivity contribution in [2.75, 3.05) is 7.11 Å². The molecule has 10 heteroatoms. The van der Waals surface area contributed by atoms with Gasteiger partial charge in [-0.2, -0.15) is 0 Å². The van der Waals surface area contributed by atoms with Gasteiger partial charge in [-0.25, -0.2) is 22.9 Å². The molecule has 0 radical (unpaired) electrons. The second-order valence-corrected chi connectivity index (χ2v) is 9.93. The first kappa shape index (κ1) is 29.9. The average Bonchev–Trinajstić information content (AvgIpc) is 3.52. The Morgan fingerprint density at radius 3 is 2.46 bits per heavy atom. The number of hydrogen-bond acceptors (Lipinski definition) is 7. The van der Waals surface area contributed by atoms with Crippen molar-refractivity contribution in [3.05, 3.63) is 75.7 Å². The Bertz CT molecular complexity index is 1420. The number of nitrogens with zero attached hydrogens (tertiary/aromatic N) is 2. The maximum Gasteiger partial charge on any atom is 0.349 e. The van der Waals surface area contributed by atoms with Crippen molar-refractivity contribution in [2.24, 2.45) is 0 Å². The van der Waals surface area contributed by atoms with Gasteiger partial charge < -0.3 is 14.0 Å². The highest BCUT2D eigenvalue weighted by Crippen LogP contribution is 2.38. The van der Waals surface area contributed by atoms with E-state index in [-0.39, 0.29) is 17.9 Å². The van der Waals surface area contributed by atoms with Crippen LogP contribution < -0.4 is 4.74 Å². The van der Waals surface area contributed by atoms with Crippen LogP contribution in [0.4, 0.5) is 13.2 Å². The summed E-state index contributed by atoms with van der Waals surface area (Å²) in [6.07, 6.45) is 3.88. The summed E-state index contributed by atoms with van der Waals surface area (Å²) in [4.78, 5) is 16.8. The van der Waals surface area contributed by atoms with Crippen LogP contribution in [0.1, 0.15) is 65.7 Å². The van der Waals surface area contributed by atoms with Crippen LogP contribution in [0.15, 0.2) is 47.2 Å². The van der Waals surface area contributed by atoms with Crippen LogP contribution in [0.2, 0.25) is 0 Å². The summed E-state index contributed by atoms with van der Waals surface area (Å²) in [6, 6.07) is 8.80. The largest absolute Gasteiger partial charge is 0.489 e. The van der Waals surface area contributed by atoms with Crippen molar-refractivity contribution >= 4 is 17.3 Å². The molecule has 6 nitrogen and oxygen atoms in total. The quantitative estimate of drug-likeness (QED) is 0.201. The summed E-state index contributed by atoms with van der Waals surface area (Å²) in [5.41, 5.74) is 1.73. The van der Waals surface area contributed by atoms with Gasteiger partial charge in [0.15, 0.2) is 0 Å². The van der Waals surface area contributed by atoms with E-state index >= 15 is 0 Å². The Labute approximate surface area is 229 Å². The number of esters is 1. The van der Waals surface area contributed by atoms with Gasteiger partial charge in [-0.1, -0.05) is 44.0 Å². The highest BCUT2D eigenvalue weighted by Gasteiger charge is 2.32. The fourth-order valence-electron chi connectivity index (χ4n) is 3.62. The van der Waals surface area contributed by atoms with Crippen LogP contribution in [0, 0.1) is 19.7 Å². The van der Waals surface area contributed by atoms with E-state index in [1.54, 1.807) is 19.1 Å². The first-order valence-electron chi connectivity index (χ1n) is 12.4. The Hall–Kier alpha value is -3.66. The van der Waals surface area contributed by atoms with Gasteiger partial charge in [0.1, 0.15) is 40.0 Å². The molecule has 0 fully saturated rings. The van der Waals surface area contributed by atoms with Crippen LogP contribution in [-0.2, 0) is 17.3 Å². The molecular formula is C29H31F3N2O4S. The second kappa shape index (κ2) is 12.9. The van der Waals surface area contributed by atoms with Gasteiger partial charge in [-0.05, 0) is 43.7 Å². The van der Waals surface area contributed by atoms with Crippen molar-refractivity contribution in [2.45, 2.75) is 60.0 Å². The number of aromatic nitrogens is 2. The standard InChI is InChI=1S/C25H21F3N2O4S.C4H10/c1-13-10-16(8-9-17(13)23-29-14(2)22(35-23)24(31)32-4)33-11-15-12-34-30-21(15)20-18(25(3,27)28)6-5-7-19(20)26;1-3-4-2/h5-10,12H,11H2,1-4H3;3-4H2,1-2H3. The molecule has 2 heterocycles. The van der Waals surface area contributed by atoms with Gasteiger partial charge >= 0.3 is 5.97 Å². The van der Waals surface area contributed by atoms with Crippen LogP contribution in [-0.4, -0.2) is 23.2 Å². The van der Waals surface area contributed by atoms with E-state index in [1.165, 1.54) is 43.6 Å². The summed E-state index contributed by atoms with van der Waals surface area (Å²) >= 11 is 1.24. The van der Waals surface area contributed by atoms with Crippen LogP contribution in [0.3, 0.4) is 0 Å². The molecule has 39 heavy (non-hydrogen) atoms. The molecule has 0 atom stereocenters. The molecule has 0 N–H and O–H groups in total. The molecule has 0 bridgehead atoms. The third-order valence-corrected chi connectivity index (χ3v) is 7.03. The molecule has 0 saturated heterocycles. The molecule has 0 saturated carbocycles. The molecule has 0 unspecified atom stereocenters. The van der Waals surface area contributed by atoms with E-state index in [4.69, 9.17) is 14.0 Å². The summed E-state index contributed by atoms with van der Waals surface area (Å²) in [5, 5.41) is 4.43. The molecule has 2 aromatic carbocycles. The van der Waals surface area contributed by atoms with Gasteiger partial charge in [0.2, 0.25) is 0 Å². The van der Waals surface area contributed by atoms with Crippen LogP contribution in [0.5, 0.6) is 5.75 Å². The zero-order chi connectivity index (χ0) is 28.7. The lowest BCUT2D eigenvalue weighted by Crippen LogP contribution is -2.11. The fraction of sp³-hybridized carbons (Fsp3) is 0.345. The summed E-state index contributed by atoms with van der Waals surface area (Å²) in [6.45, 7) is 8.59. The molecule has 0 amide bonds. The third kappa shape index (κ3) is 7.06. The van der Waals surface area contributed by atoms with E-state index in [0.717, 1.165) is 23.3 Å². The van der Waals surface area contributed by atoms with E-state index < -0.39 is 23.3 Å². The number of unbranched alkanes of at least 4 members (excludes halogenated alkanes) is 1. The Morgan fingerprint density at radius 2 is 1.85 bits per heavy atom. The zero-order valence-corrected chi connectivity index (χ0v) is 23.5.